The average molecular weight is 313 g/mol. The maximum absolute atomic E-state index is 11.3. The first-order valence-electron chi connectivity index (χ1n) is 4.51. The van der Waals surface area contributed by atoms with Crippen molar-refractivity contribution in [3.05, 3.63) is 0 Å². The van der Waals surface area contributed by atoms with Gasteiger partial charge in [-0.2, -0.15) is 0 Å². The molecule has 0 spiro atoms. The molecule has 0 fully saturated rings. The fourth-order valence-corrected chi connectivity index (χ4v) is 1.12. The van der Waals surface area contributed by atoms with Gasteiger partial charge in [-0.25, -0.2) is 9.59 Å². The van der Waals surface area contributed by atoms with E-state index in [1.165, 1.54) is 6.47 Å². The first-order valence-corrected chi connectivity index (χ1v) is 6.04. The molecular formula is C9H14IO4. The van der Waals surface area contributed by atoms with Gasteiger partial charge in [0, 0.05) is 4.43 Å². The molecule has 1 atom stereocenters. The second kappa shape index (κ2) is 9.23. The molecule has 0 saturated carbocycles. The number of carbonyl (C=O) groups excluding carboxylic acids is 2. The van der Waals surface area contributed by atoms with Gasteiger partial charge < -0.3 is 9.47 Å². The van der Waals surface area contributed by atoms with Crippen LogP contribution >= 0.6 is 22.6 Å². The predicted octanol–water partition coefficient (Wildman–Crippen LogP) is 1.61. The number of esters is 1. The van der Waals surface area contributed by atoms with Gasteiger partial charge in [0.05, 0.1) is 0 Å². The summed E-state index contributed by atoms with van der Waals surface area (Å²) in [5, 5.41) is 0. The molecule has 0 heterocycles. The first-order chi connectivity index (χ1) is 6.76. The highest BCUT2D eigenvalue weighted by Crippen LogP contribution is 2.06. The zero-order chi connectivity index (χ0) is 10.8. The van der Waals surface area contributed by atoms with Gasteiger partial charge in [-0.15, -0.1) is 0 Å². The molecule has 0 aliphatic heterocycles. The molecule has 4 nitrogen and oxygen atoms in total. The summed E-state index contributed by atoms with van der Waals surface area (Å²) in [5.41, 5.74) is 0. The maximum atomic E-state index is 11.3. The molecule has 0 rings (SSSR count). The molecule has 5 heteroatoms. The largest absolute Gasteiger partial charge is 0.462 e. The quantitative estimate of drug-likeness (QED) is 0.388. The summed E-state index contributed by atoms with van der Waals surface area (Å²) in [4.78, 5) is 21.3. The van der Waals surface area contributed by atoms with E-state index < -0.39 is 12.1 Å². The van der Waals surface area contributed by atoms with Crippen molar-refractivity contribution >= 4 is 35.0 Å². The van der Waals surface area contributed by atoms with E-state index in [0.717, 1.165) is 17.3 Å². The van der Waals surface area contributed by atoms with E-state index in [1.807, 2.05) is 6.92 Å². The summed E-state index contributed by atoms with van der Waals surface area (Å²) in [5.74, 6) is -0.474. The Balaban J connectivity index is 3.90. The van der Waals surface area contributed by atoms with Crippen LogP contribution in [-0.2, 0) is 19.1 Å². The van der Waals surface area contributed by atoms with Crippen LogP contribution in [0.25, 0.3) is 0 Å². The average Bonchev–Trinajstić information content (AvgIpc) is 2.20. The van der Waals surface area contributed by atoms with Crippen LogP contribution in [0.1, 0.15) is 26.2 Å². The molecule has 0 aliphatic rings. The molecule has 0 aromatic rings. The van der Waals surface area contributed by atoms with Crippen LogP contribution < -0.4 is 0 Å². The van der Waals surface area contributed by atoms with Crippen LogP contribution in [0.15, 0.2) is 0 Å². The third kappa shape index (κ3) is 6.17. The van der Waals surface area contributed by atoms with Gasteiger partial charge in [0.1, 0.15) is 6.61 Å². The Labute approximate surface area is 97.5 Å². The van der Waals surface area contributed by atoms with E-state index in [0.29, 0.717) is 13.0 Å². The van der Waals surface area contributed by atoms with Gasteiger partial charge in [-0.1, -0.05) is 35.9 Å². The summed E-state index contributed by atoms with van der Waals surface area (Å²) in [6, 6.07) is 0. The summed E-state index contributed by atoms with van der Waals surface area (Å²) in [7, 11) is 0. The van der Waals surface area contributed by atoms with Crippen molar-refractivity contribution in [1.29, 1.82) is 0 Å². The van der Waals surface area contributed by atoms with Crippen LogP contribution in [0.4, 0.5) is 0 Å². The summed E-state index contributed by atoms with van der Waals surface area (Å²) in [6.07, 6.45) is 1.49. The number of hydrogen-bond donors (Lipinski definition) is 0. The minimum Gasteiger partial charge on any atom is -0.462 e. The number of rotatable bonds is 8. The Kier molecular flexibility index (Phi) is 9.02. The van der Waals surface area contributed by atoms with Crippen molar-refractivity contribution in [2.24, 2.45) is 0 Å². The fraction of sp³-hybridized carbons (Fsp3) is 0.778. The van der Waals surface area contributed by atoms with Gasteiger partial charge in [-0.3, -0.25) is 0 Å². The second-order valence-electron chi connectivity index (χ2n) is 2.69. The maximum Gasteiger partial charge on any atom is 0.418 e. The summed E-state index contributed by atoms with van der Waals surface area (Å²) >= 11 is 2.10. The molecule has 0 saturated heterocycles. The highest BCUT2D eigenvalue weighted by Gasteiger charge is 2.20. The number of hydrogen-bond acceptors (Lipinski definition) is 4. The Morgan fingerprint density at radius 2 is 2.29 bits per heavy atom. The van der Waals surface area contributed by atoms with E-state index in [4.69, 9.17) is 4.74 Å². The number of halogens is 1. The lowest BCUT2D eigenvalue weighted by molar-refractivity contribution is -0.152. The molecule has 1 unspecified atom stereocenters. The Morgan fingerprint density at radius 3 is 2.79 bits per heavy atom. The Hall–Kier alpha value is -0.330. The van der Waals surface area contributed by atoms with E-state index in [2.05, 4.69) is 27.3 Å². The minimum absolute atomic E-state index is 0.351. The highest BCUT2D eigenvalue weighted by molar-refractivity contribution is 14.1. The van der Waals surface area contributed by atoms with Gasteiger partial charge in [0.2, 0.25) is 0 Å². The van der Waals surface area contributed by atoms with E-state index >= 15 is 0 Å². The normalized spacial score (nSPS) is 11.9. The molecule has 0 N–H and O–H groups in total. The predicted molar refractivity (Wildman–Crippen MR) is 59.9 cm³/mol. The molecule has 0 aromatic heterocycles. The summed E-state index contributed by atoms with van der Waals surface area (Å²) < 4.78 is 10.1. The van der Waals surface area contributed by atoms with Crippen LogP contribution in [0.5, 0.6) is 0 Å². The molecule has 0 bridgehead atoms. The van der Waals surface area contributed by atoms with Gasteiger partial charge in [0.15, 0.2) is 6.10 Å². The van der Waals surface area contributed by atoms with Gasteiger partial charge >= 0.3 is 12.4 Å². The number of unbranched alkanes of at least 4 members (excludes halogenated alkanes) is 1. The van der Waals surface area contributed by atoms with Crippen molar-refractivity contribution < 1.29 is 19.1 Å². The van der Waals surface area contributed by atoms with Crippen LogP contribution in [0.3, 0.4) is 0 Å². The lowest BCUT2D eigenvalue weighted by Crippen LogP contribution is -2.26. The van der Waals surface area contributed by atoms with Crippen molar-refractivity contribution in [3.63, 3.8) is 0 Å². The van der Waals surface area contributed by atoms with Crippen molar-refractivity contribution in [1.82, 2.24) is 0 Å². The number of carbonyl (C=O) groups is 1. The monoisotopic (exact) mass is 313 g/mol. The SMILES string of the molecule is CCCCC(O[C]=O)C(=O)OCCI. The molecule has 1 radical (unpaired) electrons. The summed E-state index contributed by atoms with van der Waals surface area (Å²) in [6.45, 7) is 3.63. The number of ether oxygens (including phenoxy) is 2. The lowest BCUT2D eigenvalue weighted by Gasteiger charge is -2.12. The molecule has 81 valence electrons. The topological polar surface area (TPSA) is 52.6 Å². The zero-order valence-corrected chi connectivity index (χ0v) is 10.3. The molecule has 14 heavy (non-hydrogen) atoms. The van der Waals surface area contributed by atoms with Gasteiger partial charge in [0.25, 0.3) is 0 Å². The fourth-order valence-electron chi connectivity index (χ4n) is 0.905. The van der Waals surface area contributed by atoms with Crippen LogP contribution in [0, 0.1) is 0 Å². The van der Waals surface area contributed by atoms with Crippen molar-refractivity contribution in [2.75, 3.05) is 11.0 Å². The third-order valence-corrected chi connectivity index (χ3v) is 2.03. The Morgan fingerprint density at radius 1 is 1.57 bits per heavy atom. The lowest BCUT2D eigenvalue weighted by atomic mass is 10.1. The van der Waals surface area contributed by atoms with Crippen LogP contribution in [-0.4, -0.2) is 29.6 Å². The highest BCUT2D eigenvalue weighted by atomic mass is 127. The van der Waals surface area contributed by atoms with E-state index in [1.54, 1.807) is 0 Å². The molecular weight excluding hydrogens is 299 g/mol. The molecule has 0 amide bonds. The van der Waals surface area contributed by atoms with E-state index in [-0.39, 0.29) is 0 Å². The minimum atomic E-state index is -0.782. The molecule has 0 aliphatic carbocycles. The van der Waals surface area contributed by atoms with Crippen molar-refractivity contribution in [2.45, 2.75) is 32.3 Å². The van der Waals surface area contributed by atoms with E-state index in [9.17, 15) is 9.59 Å². The van der Waals surface area contributed by atoms with Crippen molar-refractivity contribution in [3.8, 4) is 0 Å². The smallest absolute Gasteiger partial charge is 0.418 e. The zero-order valence-electron chi connectivity index (χ0n) is 8.12. The number of alkyl halides is 1. The van der Waals surface area contributed by atoms with Gasteiger partial charge in [-0.05, 0) is 12.8 Å². The van der Waals surface area contributed by atoms with Crippen LogP contribution in [0.2, 0.25) is 0 Å². The Bertz CT molecular complexity index is 172. The molecule has 0 aromatic carbocycles. The standard InChI is InChI=1S/C9H14IO4/c1-2-3-4-8(14-7-11)9(12)13-6-5-10/h8H,2-6H2,1H3. The second-order valence-corrected chi connectivity index (χ2v) is 3.77. The first kappa shape index (κ1) is 13.7. The third-order valence-electron chi connectivity index (χ3n) is 1.59.